The number of rotatable bonds is 3. The lowest BCUT2D eigenvalue weighted by molar-refractivity contribution is 0.0201. The fourth-order valence-electron chi connectivity index (χ4n) is 3.57. The normalized spacial score (nSPS) is 18.5. The van der Waals surface area contributed by atoms with Crippen molar-refractivity contribution in [1.82, 2.24) is 4.98 Å². The number of fused-ring (bicyclic) bond motifs is 2. The minimum Gasteiger partial charge on any atom is -0.425 e. The van der Waals surface area contributed by atoms with Crippen LogP contribution in [0.3, 0.4) is 0 Å². The molecule has 2 N–H and O–H groups in total. The van der Waals surface area contributed by atoms with Crippen LogP contribution in [0.1, 0.15) is 21.6 Å². The lowest BCUT2D eigenvalue weighted by Crippen LogP contribution is -2.37. The monoisotopic (exact) mass is 340 g/mol. The second-order valence-electron chi connectivity index (χ2n) is 6.38. The molecule has 0 saturated carbocycles. The molecule has 1 unspecified atom stereocenters. The van der Waals surface area contributed by atoms with Crippen molar-refractivity contribution in [3.05, 3.63) is 102 Å². The molecule has 26 heavy (non-hydrogen) atoms. The number of esters is 1. The molecule has 1 atom stereocenters. The molecule has 1 aliphatic rings. The summed E-state index contributed by atoms with van der Waals surface area (Å²) in [5, 5.41) is 4.51. The van der Waals surface area contributed by atoms with Gasteiger partial charge in [-0.25, -0.2) is 4.79 Å². The van der Waals surface area contributed by atoms with Gasteiger partial charge in [-0.15, -0.1) is 0 Å². The highest BCUT2D eigenvalue weighted by atomic mass is 16.6. The lowest BCUT2D eigenvalue weighted by Gasteiger charge is -2.30. The maximum absolute atomic E-state index is 12.6. The summed E-state index contributed by atoms with van der Waals surface area (Å²) in [6, 6.07) is 27.3. The van der Waals surface area contributed by atoms with E-state index in [0.717, 1.165) is 27.8 Å². The van der Waals surface area contributed by atoms with Crippen LogP contribution in [-0.4, -0.2) is 11.0 Å². The number of benzene rings is 3. The molecular weight excluding hydrogens is 324 g/mol. The zero-order valence-electron chi connectivity index (χ0n) is 13.9. The van der Waals surface area contributed by atoms with E-state index in [1.165, 1.54) is 0 Å². The van der Waals surface area contributed by atoms with Crippen LogP contribution in [0.5, 0.6) is 0 Å². The van der Waals surface area contributed by atoms with E-state index < -0.39 is 5.72 Å². The lowest BCUT2D eigenvalue weighted by atomic mass is 9.96. The molecule has 0 spiro atoms. The number of nitrogens with one attached hydrogen (secondary N) is 2. The predicted octanol–water partition coefficient (Wildman–Crippen LogP) is 4.65. The van der Waals surface area contributed by atoms with Crippen LogP contribution in [-0.2, 0) is 10.5 Å². The number of aromatic amines is 1. The zero-order valence-corrected chi connectivity index (χ0v) is 13.9. The van der Waals surface area contributed by atoms with E-state index >= 15 is 0 Å². The van der Waals surface area contributed by atoms with Gasteiger partial charge in [0.25, 0.3) is 5.72 Å². The summed E-state index contributed by atoms with van der Waals surface area (Å²) in [7, 11) is 0. The van der Waals surface area contributed by atoms with Gasteiger partial charge in [0, 0.05) is 16.8 Å². The maximum Gasteiger partial charge on any atom is 0.341 e. The number of ether oxygens (including phenoxy) is 1. The Morgan fingerprint density at radius 3 is 2.42 bits per heavy atom. The second kappa shape index (κ2) is 5.49. The molecule has 0 radical (unpaired) electrons. The van der Waals surface area contributed by atoms with Gasteiger partial charge in [0.05, 0.1) is 11.3 Å². The third-order valence-corrected chi connectivity index (χ3v) is 4.78. The van der Waals surface area contributed by atoms with Gasteiger partial charge in [-0.05, 0) is 35.7 Å². The highest BCUT2D eigenvalue weighted by Gasteiger charge is 2.48. The Bertz CT molecular complexity index is 1080. The van der Waals surface area contributed by atoms with Crippen molar-refractivity contribution in [2.75, 3.05) is 5.32 Å². The van der Waals surface area contributed by atoms with Gasteiger partial charge in [-0.2, -0.15) is 0 Å². The first kappa shape index (κ1) is 14.8. The van der Waals surface area contributed by atoms with Crippen LogP contribution in [0.2, 0.25) is 0 Å². The minimum atomic E-state index is -1.09. The van der Waals surface area contributed by atoms with E-state index in [9.17, 15) is 4.79 Å². The number of hydrogen-bond acceptors (Lipinski definition) is 3. The fourth-order valence-corrected chi connectivity index (χ4v) is 3.57. The van der Waals surface area contributed by atoms with Crippen LogP contribution in [0.15, 0.2) is 84.9 Å². The summed E-state index contributed by atoms with van der Waals surface area (Å²) >= 11 is 0. The zero-order chi connectivity index (χ0) is 17.6. The third-order valence-electron chi connectivity index (χ3n) is 4.78. The summed E-state index contributed by atoms with van der Waals surface area (Å²) in [6.45, 7) is 0. The summed E-state index contributed by atoms with van der Waals surface area (Å²) in [4.78, 5) is 16.0. The topological polar surface area (TPSA) is 54.1 Å². The van der Waals surface area contributed by atoms with Gasteiger partial charge in [-0.1, -0.05) is 54.6 Å². The van der Waals surface area contributed by atoms with Crippen molar-refractivity contribution >= 4 is 22.6 Å². The number of carbonyl (C=O) groups excluding carboxylic acids is 1. The molecule has 0 fully saturated rings. The van der Waals surface area contributed by atoms with Crippen LogP contribution < -0.4 is 5.32 Å². The standard InChI is InChI=1S/C22H16N2O2/c25-21-17-11-5-6-12-18(17)22(26-21,24-16-9-2-1-3-10-16)20-14-15-8-4-7-13-19(15)23-20/h1-14,23-24H. The van der Waals surface area contributed by atoms with Crippen molar-refractivity contribution in [3.63, 3.8) is 0 Å². The van der Waals surface area contributed by atoms with E-state index in [4.69, 9.17) is 4.74 Å². The van der Waals surface area contributed by atoms with Crippen LogP contribution >= 0.6 is 0 Å². The van der Waals surface area contributed by atoms with Gasteiger partial charge >= 0.3 is 5.97 Å². The number of anilines is 1. The Kier molecular flexibility index (Phi) is 3.12. The largest absolute Gasteiger partial charge is 0.425 e. The van der Waals surface area contributed by atoms with Crippen LogP contribution in [0, 0.1) is 0 Å². The number of carbonyl (C=O) groups is 1. The molecule has 4 nitrogen and oxygen atoms in total. The van der Waals surface area contributed by atoms with Crippen molar-refractivity contribution < 1.29 is 9.53 Å². The summed E-state index contributed by atoms with van der Waals surface area (Å²) < 4.78 is 5.96. The Hall–Kier alpha value is -3.53. The average molecular weight is 340 g/mol. The Balaban J connectivity index is 1.75. The Labute approximate surface area is 150 Å². The molecule has 0 bridgehead atoms. The molecule has 0 amide bonds. The molecular formula is C22H16N2O2. The highest BCUT2D eigenvalue weighted by Crippen LogP contribution is 2.42. The predicted molar refractivity (Wildman–Crippen MR) is 101 cm³/mol. The van der Waals surface area contributed by atoms with Gasteiger partial charge in [0.1, 0.15) is 0 Å². The molecule has 5 rings (SSSR count). The van der Waals surface area contributed by atoms with E-state index in [2.05, 4.69) is 10.3 Å². The highest BCUT2D eigenvalue weighted by molar-refractivity contribution is 5.96. The minimum absolute atomic E-state index is 0.331. The Morgan fingerprint density at radius 2 is 1.58 bits per heavy atom. The van der Waals surface area contributed by atoms with Crippen molar-refractivity contribution in [1.29, 1.82) is 0 Å². The molecule has 126 valence electrons. The van der Waals surface area contributed by atoms with Crippen LogP contribution in [0.4, 0.5) is 5.69 Å². The molecule has 0 saturated heterocycles. The number of H-pyrrole nitrogens is 1. The van der Waals surface area contributed by atoms with Gasteiger partial charge in [0.2, 0.25) is 0 Å². The van der Waals surface area contributed by atoms with Crippen molar-refractivity contribution in [2.24, 2.45) is 0 Å². The van der Waals surface area contributed by atoms with Crippen LogP contribution in [0.25, 0.3) is 10.9 Å². The van der Waals surface area contributed by atoms with Gasteiger partial charge < -0.3 is 15.0 Å². The van der Waals surface area contributed by atoms with Gasteiger partial charge in [-0.3, -0.25) is 0 Å². The quantitative estimate of drug-likeness (QED) is 0.534. The molecule has 2 heterocycles. The summed E-state index contributed by atoms with van der Waals surface area (Å²) in [5.41, 5.74) is 2.96. The van der Waals surface area contributed by atoms with Crippen molar-refractivity contribution in [2.45, 2.75) is 5.72 Å². The molecule has 3 aromatic carbocycles. The summed E-state index contributed by atoms with van der Waals surface area (Å²) in [6.07, 6.45) is 0. The van der Waals surface area contributed by atoms with E-state index in [1.807, 2.05) is 78.9 Å². The first-order valence-corrected chi connectivity index (χ1v) is 8.51. The van der Waals surface area contributed by atoms with Crippen molar-refractivity contribution in [3.8, 4) is 0 Å². The fraction of sp³-hybridized carbons (Fsp3) is 0.0455. The molecule has 4 heteroatoms. The van der Waals surface area contributed by atoms with E-state index in [1.54, 1.807) is 6.07 Å². The number of cyclic esters (lactones) is 1. The SMILES string of the molecule is O=C1OC(Nc2ccccc2)(c2cc3ccccc3[nH]2)c2ccccc21. The first-order valence-electron chi connectivity index (χ1n) is 8.51. The third kappa shape index (κ3) is 2.12. The number of para-hydroxylation sites is 2. The first-order chi connectivity index (χ1) is 12.8. The van der Waals surface area contributed by atoms with E-state index in [-0.39, 0.29) is 5.97 Å². The van der Waals surface area contributed by atoms with E-state index in [0.29, 0.717) is 5.56 Å². The number of aromatic nitrogens is 1. The maximum atomic E-state index is 12.6. The summed E-state index contributed by atoms with van der Waals surface area (Å²) in [5.74, 6) is -0.331. The molecule has 0 aliphatic carbocycles. The smallest absolute Gasteiger partial charge is 0.341 e. The molecule has 1 aromatic heterocycles. The molecule has 1 aliphatic heterocycles. The number of hydrogen-bond donors (Lipinski definition) is 2. The Morgan fingerprint density at radius 1 is 0.846 bits per heavy atom. The second-order valence-corrected chi connectivity index (χ2v) is 6.38. The molecule has 4 aromatic rings. The van der Waals surface area contributed by atoms with Gasteiger partial charge in [0.15, 0.2) is 0 Å². The average Bonchev–Trinajstić information content (AvgIpc) is 3.24.